The fraction of sp³-hybridized carbons (Fsp3) is 0.625. The highest BCUT2D eigenvalue weighted by atomic mass is 16.5. The summed E-state index contributed by atoms with van der Waals surface area (Å²) >= 11 is 0. The normalized spacial score (nSPS) is 13.3. The Balaban J connectivity index is 3.07. The third-order valence-corrected chi connectivity index (χ3v) is 3.32. The number of hydrogen-bond donors (Lipinski definition) is 1. The molecule has 0 aliphatic heterocycles. The first-order valence-corrected chi connectivity index (χ1v) is 7.07. The van der Waals surface area contributed by atoms with E-state index in [0.717, 1.165) is 30.9 Å². The van der Waals surface area contributed by atoms with Crippen molar-refractivity contribution in [2.75, 3.05) is 20.3 Å². The maximum atomic E-state index is 5.86. The fourth-order valence-corrected chi connectivity index (χ4v) is 2.11. The molecule has 0 aliphatic rings. The molecule has 3 nitrogen and oxygen atoms in total. The van der Waals surface area contributed by atoms with E-state index in [1.807, 2.05) is 18.2 Å². The Hall–Kier alpha value is -1.06. The van der Waals surface area contributed by atoms with Crippen molar-refractivity contribution in [1.29, 1.82) is 0 Å². The van der Waals surface area contributed by atoms with Gasteiger partial charge in [-0.15, -0.1) is 0 Å². The second kappa shape index (κ2) is 7.51. The summed E-state index contributed by atoms with van der Waals surface area (Å²) in [6.07, 6.45) is 1.01. The first-order chi connectivity index (χ1) is 9.06. The number of benzene rings is 1. The molecule has 0 aromatic heterocycles. The summed E-state index contributed by atoms with van der Waals surface area (Å²) < 4.78 is 11.5. The molecule has 19 heavy (non-hydrogen) atoms. The lowest BCUT2D eigenvalue weighted by Gasteiger charge is -2.35. The molecule has 0 heterocycles. The topological polar surface area (TPSA) is 30.5 Å². The molecule has 1 rings (SSSR count). The van der Waals surface area contributed by atoms with Crippen LogP contribution in [0.25, 0.3) is 0 Å². The number of hydrogen-bond acceptors (Lipinski definition) is 3. The van der Waals surface area contributed by atoms with Crippen molar-refractivity contribution in [1.82, 2.24) is 5.32 Å². The molecule has 0 bridgehead atoms. The predicted octanol–water partition coefficient (Wildman–Crippen LogP) is 3.55. The molecular weight excluding hydrogens is 238 g/mol. The molecule has 108 valence electrons. The van der Waals surface area contributed by atoms with E-state index in [1.165, 1.54) is 0 Å². The second-order valence-electron chi connectivity index (χ2n) is 5.18. The molecule has 1 aromatic carbocycles. The van der Waals surface area contributed by atoms with Crippen LogP contribution in [0.15, 0.2) is 24.3 Å². The minimum absolute atomic E-state index is 0.107. The zero-order valence-electron chi connectivity index (χ0n) is 12.8. The quantitative estimate of drug-likeness (QED) is 0.779. The van der Waals surface area contributed by atoms with Gasteiger partial charge >= 0.3 is 0 Å². The monoisotopic (exact) mass is 265 g/mol. The average Bonchev–Trinajstić information content (AvgIpc) is 2.43. The van der Waals surface area contributed by atoms with E-state index >= 15 is 0 Å². The van der Waals surface area contributed by atoms with E-state index in [4.69, 9.17) is 9.47 Å². The van der Waals surface area contributed by atoms with Crippen LogP contribution in [0.5, 0.6) is 5.75 Å². The van der Waals surface area contributed by atoms with E-state index in [-0.39, 0.29) is 11.6 Å². The largest absolute Gasteiger partial charge is 0.493 e. The van der Waals surface area contributed by atoms with Crippen molar-refractivity contribution < 1.29 is 9.47 Å². The Bertz CT molecular complexity index is 377. The molecule has 0 spiro atoms. The van der Waals surface area contributed by atoms with E-state index in [1.54, 1.807) is 7.11 Å². The van der Waals surface area contributed by atoms with Crippen LogP contribution in [-0.4, -0.2) is 25.9 Å². The number of likely N-dealkylation sites (N-methyl/N-ethyl adjacent to an activating group) is 1. The van der Waals surface area contributed by atoms with E-state index in [2.05, 4.69) is 39.1 Å². The van der Waals surface area contributed by atoms with Gasteiger partial charge in [-0.1, -0.05) is 32.0 Å². The average molecular weight is 265 g/mol. The van der Waals surface area contributed by atoms with Crippen LogP contribution in [-0.2, 0) is 4.74 Å². The predicted molar refractivity (Wildman–Crippen MR) is 79.7 cm³/mol. The Kier molecular flexibility index (Phi) is 6.32. The minimum Gasteiger partial charge on any atom is -0.493 e. The number of nitrogens with one attached hydrogen (secondary N) is 1. The van der Waals surface area contributed by atoms with Crippen molar-refractivity contribution in [3.05, 3.63) is 29.8 Å². The van der Waals surface area contributed by atoms with Crippen molar-refractivity contribution >= 4 is 0 Å². The van der Waals surface area contributed by atoms with Gasteiger partial charge in [0.15, 0.2) is 0 Å². The highest BCUT2D eigenvalue weighted by Crippen LogP contribution is 2.34. The Morgan fingerprint density at radius 3 is 2.47 bits per heavy atom. The lowest BCUT2D eigenvalue weighted by molar-refractivity contribution is -0.0114. The van der Waals surface area contributed by atoms with Crippen LogP contribution in [0.2, 0.25) is 0 Å². The van der Waals surface area contributed by atoms with Gasteiger partial charge in [-0.2, -0.15) is 0 Å². The maximum absolute atomic E-state index is 5.86. The molecule has 0 saturated carbocycles. The maximum Gasteiger partial charge on any atom is 0.124 e. The van der Waals surface area contributed by atoms with Gasteiger partial charge in [-0.3, -0.25) is 0 Å². The number of ether oxygens (including phenoxy) is 2. The highest BCUT2D eigenvalue weighted by molar-refractivity contribution is 5.37. The van der Waals surface area contributed by atoms with Gasteiger partial charge in [0, 0.05) is 12.7 Å². The summed E-state index contributed by atoms with van der Waals surface area (Å²) in [5.74, 6) is 0.945. The first-order valence-electron chi connectivity index (χ1n) is 7.07. The zero-order chi connectivity index (χ0) is 14.3. The molecule has 1 aromatic rings. The lowest BCUT2D eigenvalue weighted by atomic mass is 9.91. The van der Waals surface area contributed by atoms with Gasteiger partial charge in [0.05, 0.1) is 18.2 Å². The minimum atomic E-state index is -0.290. The van der Waals surface area contributed by atoms with E-state index in [9.17, 15) is 0 Å². The summed E-state index contributed by atoms with van der Waals surface area (Å²) in [4.78, 5) is 0. The highest BCUT2D eigenvalue weighted by Gasteiger charge is 2.31. The van der Waals surface area contributed by atoms with Gasteiger partial charge in [0.1, 0.15) is 5.75 Å². The Morgan fingerprint density at radius 2 is 1.89 bits per heavy atom. The third kappa shape index (κ3) is 4.22. The number of methoxy groups -OCH3 is 1. The van der Waals surface area contributed by atoms with Gasteiger partial charge in [-0.25, -0.2) is 0 Å². The summed E-state index contributed by atoms with van der Waals surface area (Å²) in [6, 6.07) is 8.30. The van der Waals surface area contributed by atoms with Gasteiger partial charge in [-0.05, 0) is 32.9 Å². The third-order valence-electron chi connectivity index (χ3n) is 3.32. The smallest absolute Gasteiger partial charge is 0.124 e. The SMILES string of the molecule is CCCOc1ccccc1C(NCC)C(C)(C)OC. The summed E-state index contributed by atoms with van der Waals surface area (Å²) in [5.41, 5.74) is 0.867. The van der Waals surface area contributed by atoms with Crippen LogP contribution >= 0.6 is 0 Å². The van der Waals surface area contributed by atoms with Gasteiger partial charge in [0.25, 0.3) is 0 Å². The Morgan fingerprint density at radius 1 is 1.21 bits per heavy atom. The van der Waals surface area contributed by atoms with Crippen molar-refractivity contribution in [3.8, 4) is 5.75 Å². The lowest BCUT2D eigenvalue weighted by Crippen LogP contribution is -2.41. The van der Waals surface area contributed by atoms with Crippen molar-refractivity contribution in [3.63, 3.8) is 0 Å². The van der Waals surface area contributed by atoms with Crippen LogP contribution in [0, 0.1) is 0 Å². The standard InChI is InChI=1S/C16H27NO2/c1-6-12-19-14-11-9-8-10-13(14)15(17-7-2)16(3,4)18-5/h8-11,15,17H,6-7,12H2,1-5H3. The molecular formula is C16H27NO2. The summed E-state index contributed by atoms with van der Waals surface area (Å²) in [7, 11) is 1.75. The van der Waals surface area contributed by atoms with Crippen LogP contribution in [0.4, 0.5) is 0 Å². The fourth-order valence-electron chi connectivity index (χ4n) is 2.11. The molecule has 1 N–H and O–H groups in total. The molecule has 0 aliphatic carbocycles. The molecule has 0 saturated heterocycles. The molecule has 1 atom stereocenters. The second-order valence-corrected chi connectivity index (χ2v) is 5.18. The molecule has 3 heteroatoms. The van der Waals surface area contributed by atoms with Crippen molar-refractivity contribution in [2.45, 2.75) is 45.8 Å². The summed E-state index contributed by atoms with van der Waals surface area (Å²) in [5, 5.41) is 3.50. The molecule has 0 amide bonds. The number of para-hydroxylation sites is 1. The number of rotatable bonds is 8. The van der Waals surface area contributed by atoms with Gasteiger partial charge in [0.2, 0.25) is 0 Å². The first kappa shape index (κ1) is 16.0. The molecule has 1 unspecified atom stereocenters. The van der Waals surface area contributed by atoms with E-state index in [0.29, 0.717) is 0 Å². The molecule has 0 fully saturated rings. The van der Waals surface area contributed by atoms with E-state index < -0.39 is 0 Å². The molecule has 0 radical (unpaired) electrons. The van der Waals surface area contributed by atoms with Crippen LogP contribution < -0.4 is 10.1 Å². The van der Waals surface area contributed by atoms with Crippen molar-refractivity contribution in [2.24, 2.45) is 0 Å². The van der Waals surface area contributed by atoms with Crippen LogP contribution in [0.1, 0.15) is 45.7 Å². The Labute approximate surface area is 117 Å². The van der Waals surface area contributed by atoms with Crippen LogP contribution in [0.3, 0.4) is 0 Å². The zero-order valence-corrected chi connectivity index (χ0v) is 12.8. The summed E-state index contributed by atoms with van der Waals surface area (Å²) in [6.45, 7) is 10.0. The van der Waals surface area contributed by atoms with Gasteiger partial charge < -0.3 is 14.8 Å².